The molecule has 0 fully saturated rings. The number of aryl methyl sites for hydroxylation is 2. The molecular formula is C22H19N5. The highest BCUT2D eigenvalue weighted by Gasteiger charge is 2.10. The van der Waals surface area contributed by atoms with Gasteiger partial charge in [-0.3, -0.25) is 10.1 Å². The van der Waals surface area contributed by atoms with Gasteiger partial charge in [-0.15, -0.1) is 0 Å². The summed E-state index contributed by atoms with van der Waals surface area (Å²) in [4.78, 5) is 4.41. The monoisotopic (exact) mass is 353 g/mol. The zero-order valence-corrected chi connectivity index (χ0v) is 15.2. The lowest BCUT2D eigenvalue weighted by Gasteiger charge is -2.07. The van der Waals surface area contributed by atoms with Crippen molar-refractivity contribution in [2.45, 2.75) is 13.8 Å². The first-order valence-electron chi connectivity index (χ1n) is 8.94. The summed E-state index contributed by atoms with van der Waals surface area (Å²) in [5.74, 6) is 0.737. The maximum Gasteiger partial charge on any atom is 0.178 e. The summed E-state index contributed by atoms with van der Waals surface area (Å²) < 4.78 is 2.24. The van der Waals surface area contributed by atoms with Gasteiger partial charge < -0.3 is 9.88 Å². The van der Waals surface area contributed by atoms with Crippen LogP contribution in [-0.2, 0) is 0 Å². The lowest BCUT2D eigenvalue weighted by Crippen LogP contribution is -1.94. The second-order valence-corrected chi connectivity index (χ2v) is 6.85. The Morgan fingerprint density at radius 3 is 2.70 bits per heavy atom. The predicted octanol–water partition coefficient (Wildman–Crippen LogP) is 5.26. The Hall–Kier alpha value is -3.60. The molecule has 5 nitrogen and oxygen atoms in total. The zero-order valence-electron chi connectivity index (χ0n) is 15.2. The minimum atomic E-state index is 0.737. The molecular weight excluding hydrogens is 334 g/mol. The molecule has 0 aliphatic rings. The molecule has 0 aliphatic carbocycles. The van der Waals surface area contributed by atoms with Crippen molar-refractivity contribution in [1.29, 1.82) is 0 Å². The number of hydrogen-bond acceptors (Lipinski definition) is 3. The highest BCUT2D eigenvalue weighted by atomic mass is 15.2. The van der Waals surface area contributed by atoms with Gasteiger partial charge in [0.15, 0.2) is 5.82 Å². The van der Waals surface area contributed by atoms with Crippen molar-refractivity contribution in [3.63, 3.8) is 0 Å². The second-order valence-electron chi connectivity index (χ2n) is 6.85. The van der Waals surface area contributed by atoms with E-state index in [1.165, 1.54) is 27.7 Å². The molecule has 5 rings (SSSR count). The van der Waals surface area contributed by atoms with Crippen LogP contribution in [-0.4, -0.2) is 19.7 Å². The van der Waals surface area contributed by atoms with Crippen molar-refractivity contribution >= 4 is 33.4 Å². The van der Waals surface area contributed by atoms with E-state index >= 15 is 0 Å². The molecule has 3 heterocycles. The Balaban J connectivity index is 1.56. The quantitative estimate of drug-likeness (QED) is 0.465. The number of H-pyrrole nitrogens is 1. The number of fused-ring (bicyclic) bond motifs is 2. The first kappa shape index (κ1) is 15.6. The summed E-state index contributed by atoms with van der Waals surface area (Å²) in [6.07, 6.45) is 3.96. The molecule has 5 aromatic rings. The molecule has 0 bridgehead atoms. The predicted molar refractivity (Wildman–Crippen MR) is 110 cm³/mol. The fourth-order valence-corrected chi connectivity index (χ4v) is 3.47. The van der Waals surface area contributed by atoms with Crippen LogP contribution in [0.3, 0.4) is 0 Å². The summed E-state index contributed by atoms with van der Waals surface area (Å²) in [5.41, 5.74) is 7.60. The molecule has 0 atom stereocenters. The second kappa shape index (κ2) is 5.99. The number of rotatable bonds is 3. The molecule has 0 saturated heterocycles. The fourth-order valence-electron chi connectivity index (χ4n) is 3.47. The summed E-state index contributed by atoms with van der Waals surface area (Å²) in [5, 5.41) is 12.0. The molecule has 0 saturated carbocycles. The molecule has 0 amide bonds. The number of nitrogens with zero attached hydrogens (tertiary/aromatic N) is 3. The maximum absolute atomic E-state index is 4.41. The smallest absolute Gasteiger partial charge is 0.178 e. The molecule has 0 radical (unpaired) electrons. The standard InChI is InChI=1S/C22H19N5/c1-14-5-8-17(9-6-14)27-13-15(2)18-12-16(7-10-20(18)27)24-22-21-19(25-26-22)4-3-11-23-21/h3-13H,1-2H3,(H2,24,25,26). The van der Waals surface area contributed by atoms with Gasteiger partial charge in [-0.1, -0.05) is 17.7 Å². The van der Waals surface area contributed by atoms with Crippen molar-refractivity contribution in [3.05, 3.63) is 78.1 Å². The summed E-state index contributed by atoms with van der Waals surface area (Å²) in [6.45, 7) is 4.25. The van der Waals surface area contributed by atoms with E-state index in [1.54, 1.807) is 6.20 Å². The Kier molecular flexibility index (Phi) is 3.47. The third-order valence-corrected chi connectivity index (χ3v) is 4.90. The number of aromatic amines is 1. The van der Waals surface area contributed by atoms with Crippen LogP contribution >= 0.6 is 0 Å². The van der Waals surface area contributed by atoms with E-state index in [0.717, 1.165) is 22.5 Å². The van der Waals surface area contributed by atoms with Crippen molar-refractivity contribution in [2.24, 2.45) is 0 Å². The molecule has 2 N–H and O–H groups in total. The number of hydrogen-bond donors (Lipinski definition) is 2. The average molecular weight is 353 g/mol. The molecule has 2 aromatic carbocycles. The van der Waals surface area contributed by atoms with Crippen molar-refractivity contribution in [1.82, 2.24) is 19.7 Å². The SMILES string of the molecule is Cc1ccc(-n2cc(C)c3cc(Nc4n[nH]c5cccnc45)ccc32)cc1. The molecule has 0 unspecified atom stereocenters. The minimum absolute atomic E-state index is 0.737. The highest BCUT2D eigenvalue weighted by Crippen LogP contribution is 2.29. The van der Waals surface area contributed by atoms with Crippen molar-refractivity contribution in [3.8, 4) is 5.69 Å². The number of anilines is 2. The molecule has 27 heavy (non-hydrogen) atoms. The first-order valence-corrected chi connectivity index (χ1v) is 8.94. The van der Waals surface area contributed by atoms with Crippen LogP contribution < -0.4 is 5.32 Å². The van der Waals surface area contributed by atoms with E-state index < -0.39 is 0 Å². The summed E-state index contributed by atoms with van der Waals surface area (Å²) >= 11 is 0. The van der Waals surface area contributed by atoms with E-state index in [9.17, 15) is 0 Å². The normalized spacial score (nSPS) is 11.3. The van der Waals surface area contributed by atoms with E-state index in [-0.39, 0.29) is 0 Å². The minimum Gasteiger partial charge on any atom is -0.337 e. The van der Waals surface area contributed by atoms with Gasteiger partial charge in [-0.05, 0) is 61.9 Å². The number of nitrogens with one attached hydrogen (secondary N) is 2. The van der Waals surface area contributed by atoms with Gasteiger partial charge in [0.2, 0.25) is 0 Å². The van der Waals surface area contributed by atoms with Crippen LogP contribution in [0.15, 0.2) is 67.0 Å². The van der Waals surface area contributed by atoms with Gasteiger partial charge in [-0.2, -0.15) is 5.10 Å². The van der Waals surface area contributed by atoms with Crippen molar-refractivity contribution < 1.29 is 0 Å². The third-order valence-electron chi connectivity index (χ3n) is 4.90. The van der Waals surface area contributed by atoms with Crippen LogP contribution in [0.25, 0.3) is 27.6 Å². The molecule has 132 valence electrons. The highest BCUT2D eigenvalue weighted by molar-refractivity contribution is 5.91. The van der Waals surface area contributed by atoms with Gasteiger partial charge in [0.25, 0.3) is 0 Å². The van der Waals surface area contributed by atoms with Crippen molar-refractivity contribution in [2.75, 3.05) is 5.32 Å². The van der Waals surface area contributed by atoms with E-state index in [2.05, 4.69) is 87.6 Å². The molecule has 0 aliphatic heterocycles. The molecule has 3 aromatic heterocycles. The van der Waals surface area contributed by atoms with E-state index in [1.807, 2.05) is 12.1 Å². The fraction of sp³-hybridized carbons (Fsp3) is 0.0909. The summed E-state index contributed by atoms with van der Waals surface area (Å²) in [6, 6.07) is 18.8. The Morgan fingerprint density at radius 2 is 1.85 bits per heavy atom. The first-order chi connectivity index (χ1) is 13.2. The number of benzene rings is 2. The molecule has 0 spiro atoms. The van der Waals surface area contributed by atoms with Crippen LogP contribution in [0.5, 0.6) is 0 Å². The van der Waals surface area contributed by atoms with Gasteiger partial charge in [-0.25, -0.2) is 0 Å². The maximum atomic E-state index is 4.41. The average Bonchev–Trinajstić information content (AvgIpc) is 3.24. The van der Waals surface area contributed by atoms with Crippen LogP contribution in [0.4, 0.5) is 11.5 Å². The number of aromatic nitrogens is 4. The van der Waals surface area contributed by atoms with Crippen LogP contribution in [0.1, 0.15) is 11.1 Å². The number of pyridine rings is 1. The van der Waals surface area contributed by atoms with Gasteiger partial charge >= 0.3 is 0 Å². The summed E-state index contributed by atoms with van der Waals surface area (Å²) in [7, 11) is 0. The third kappa shape index (κ3) is 2.64. The van der Waals surface area contributed by atoms with Crippen LogP contribution in [0.2, 0.25) is 0 Å². The van der Waals surface area contributed by atoms with Gasteiger partial charge in [0, 0.05) is 29.2 Å². The zero-order chi connectivity index (χ0) is 18.4. The van der Waals surface area contributed by atoms with E-state index in [0.29, 0.717) is 0 Å². The Morgan fingerprint density at radius 1 is 1.00 bits per heavy atom. The van der Waals surface area contributed by atoms with Gasteiger partial charge in [0.05, 0.1) is 11.0 Å². The van der Waals surface area contributed by atoms with E-state index in [4.69, 9.17) is 0 Å². The van der Waals surface area contributed by atoms with Gasteiger partial charge in [0.1, 0.15) is 5.52 Å². The Labute approximate surface area is 156 Å². The Bertz CT molecular complexity index is 1260. The topological polar surface area (TPSA) is 58.5 Å². The lowest BCUT2D eigenvalue weighted by molar-refractivity contribution is 1.11. The lowest BCUT2D eigenvalue weighted by atomic mass is 10.1. The molecule has 5 heteroatoms. The largest absolute Gasteiger partial charge is 0.337 e. The van der Waals surface area contributed by atoms with Crippen LogP contribution in [0, 0.1) is 13.8 Å².